The van der Waals surface area contributed by atoms with Crippen molar-refractivity contribution in [3.05, 3.63) is 60.2 Å². The third kappa shape index (κ3) is 3.89. The third-order valence-electron chi connectivity index (χ3n) is 3.16. The Bertz CT molecular complexity index is 722. The van der Waals surface area contributed by atoms with Crippen molar-refractivity contribution < 1.29 is 9.21 Å². The summed E-state index contributed by atoms with van der Waals surface area (Å²) in [6.07, 6.45) is 0.441. The van der Waals surface area contributed by atoms with Crippen LogP contribution in [0.1, 0.15) is 12.0 Å². The molecule has 0 aliphatic carbocycles. The lowest BCUT2D eigenvalue weighted by Crippen LogP contribution is -2.22. The molecular formula is C17H16N2O2S. The van der Waals surface area contributed by atoms with Crippen LogP contribution in [0.2, 0.25) is 0 Å². The van der Waals surface area contributed by atoms with Crippen LogP contribution in [0.4, 0.5) is 0 Å². The maximum Gasteiger partial charge on any atom is 0.256 e. The summed E-state index contributed by atoms with van der Waals surface area (Å²) in [5.74, 6) is 0.681. The highest BCUT2D eigenvalue weighted by Gasteiger charge is 2.07. The summed E-state index contributed by atoms with van der Waals surface area (Å²) in [6.45, 7) is 0.563. The Morgan fingerprint density at radius 1 is 1.09 bits per heavy atom. The largest absolute Gasteiger partial charge is 0.431 e. The van der Waals surface area contributed by atoms with Crippen molar-refractivity contribution in [2.24, 2.45) is 0 Å². The molecule has 0 spiro atoms. The molecule has 1 amide bonds. The molecule has 5 heteroatoms. The van der Waals surface area contributed by atoms with Gasteiger partial charge in [0.15, 0.2) is 5.58 Å². The van der Waals surface area contributed by atoms with E-state index in [0.29, 0.717) is 23.9 Å². The van der Waals surface area contributed by atoms with E-state index >= 15 is 0 Å². The number of carbonyl (C=O) groups is 1. The third-order valence-corrected chi connectivity index (χ3v) is 3.99. The van der Waals surface area contributed by atoms with Crippen LogP contribution in [-0.4, -0.2) is 16.6 Å². The Labute approximate surface area is 132 Å². The highest BCUT2D eigenvalue weighted by Crippen LogP contribution is 2.23. The molecule has 0 radical (unpaired) electrons. The molecule has 0 saturated heterocycles. The zero-order valence-corrected chi connectivity index (χ0v) is 12.8. The topological polar surface area (TPSA) is 55.1 Å². The van der Waals surface area contributed by atoms with Crippen molar-refractivity contribution in [3.8, 4) is 0 Å². The van der Waals surface area contributed by atoms with Crippen molar-refractivity contribution in [2.75, 3.05) is 5.75 Å². The van der Waals surface area contributed by atoms with Gasteiger partial charge in [0, 0.05) is 18.7 Å². The zero-order chi connectivity index (χ0) is 15.2. The number of benzene rings is 2. The Morgan fingerprint density at radius 3 is 2.68 bits per heavy atom. The standard InChI is InChI=1S/C17H16N2O2S/c20-16(18-12-13-6-2-1-3-7-13)10-11-22-17-19-14-8-4-5-9-15(14)21-17/h1-9H,10-12H2,(H,18,20). The van der Waals surface area contributed by atoms with Gasteiger partial charge in [-0.1, -0.05) is 54.2 Å². The number of aromatic nitrogens is 1. The number of oxazole rings is 1. The van der Waals surface area contributed by atoms with Gasteiger partial charge in [-0.25, -0.2) is 4.98 Å². The molecule has 0 saturated carbocycles. The maximum atomic E-state index is 11.8. The van der Waals surface area contributed by atoms with Crippen molar-refractivity contribution >= 4 is 28.8 Å². The fourth-order valence-corrected chi connectivity index (χ4v) is 2.80. The first kappa shape index (κ1) is 14.7. The lowest BCUT2D eigenvalue weighted by atomic mass is 10.2. The molecule has 0 bridgehead atoms. The van der Waals surface area contributed by atoms with Gasteiger partial charge < -0.3 is 9.73 Å². The molecule has 112 valence electrons. The van der Waals surface area contributed by atoms with Crippen LogP contribution in [0.3, 0.4) is 0 Å². The number of thioether (sulfide) groups is 1. The molecule has 0 atom stereocenters. The Hall–Kier alpha value is -2.27. The Kier molecular flexibility index (Phi) is 4.75. The number of carbonyl (C=O) groups excluding carboxylic acids is 1. The fourth-order valence-electron chi connectivity index (χ4n) is 2.03. The van der Waals surface area contributed by atoms with Crippen LogP contribution in [0.5, 0.6) is 0 Å². The molecule has 3 aromatic rings. The molecule has 2 aromatic carbocycles. The summed E-state index contributed by atoms with van der Waals surface area (Å²) in [6, 6.07) is 17.5. The summed E-state index contributed by atoms with van der Waals surface area (Å²) in [7, 11) is 0. The van der Waals surface area contributed by atoms with E-state index in [-0.39, 0.29) is 5.91 Å². The quantitative estimate of drug-likeness (QED) is 0.706. The van der Waals surface area contributed by atoms with Gasteiger partial charge in [-0.2, -0.15) is 0 Å². The van der Waals surface area contributed by atoms with Gasteiger partial charge in [-0.05, 0) is 17.7 Å². The van der Waals surface area contributed by atoms with E-state index in [4.69, 9.17) is 4.42 Å². The van der Waals surface area contributed by atoms with Crippen LogP contribution >= 0.6 is 11.8 Å². The second-order valence-corrected chi connectivity index (χ2v) is 5.85. The molecule has 1 aromatic heterocycles. The van der Waals surface area contributed by atoms with Gasteiger partial charge in [-0.3, -0.25) is 4.79 Å². The molecule has 1 heterocycles. The normalized spacial score (nSPS) is 10.7. The fraction of sp³-hybridized carbons (Fsp3) is 0.176. The van der Waals surface area contributed by atoms with E-state index < -0.39 is 0 Å². The molecule has 1 N–H and O–H groups in total. The number of amides is 1. The summed E-state index contributed by atoms with van der Waals surface area (Å²) in [4.78, 5) is 16.2. The first-order chi connectivity index (χ1) is 10.8. The number of hydrogen-bond donors (Lipinski definition) is 1. The van der Waals surface area contributed by atoms with Crippen LogP contribution in [0.15, 0.2) is 64.2 Å². The minimum atomic E-state index is 0.0347. The molecule has 3 rings (SSSR count). The lowest BCUT2D eigenvalue weighted by Gasteiger charge is -2.04. The smallest absolute Gasteiger partial charge is 0.256 e. The van der Waals surface area contributed by atoms with E-state index in [9.17, 15) is 4.79 Å². The second-order valence-electron chi connectivity index (χ2n) is 4.81. The van der Waals surface area contributed by atoms with Crippen LogP contribution in [0.25, 0.3) is 11.1 Å². The van der Waals surface area contributed by atoms with Gasteiger partial charge in [0.25, 0.3) is 5.22 Å². The monoisotopic (exact) mass is 312 g/mol. The molecule has 0 unspecified atom stereocenters. The van der Waals surface area contributed by atoms with Crippen molar-refractivity contribution in [1.82, 2.24) is 10.3 Å². The SMILES string of the molecule is O=C(CCSc1nc2ccccc2o1)NCc1ccccc1. The molecule has 0 fully saturated rings. The minimum absolute atomic E-state index is 0.0347. The highest BCUT2D eigenvalue weighted by atomic mass is 32.2. The lowest BCUT2D eigenvalue weighted by molar-refractivity contribution is -0.120. The minimum Gasteiger partial charge on any atom is -0.431 e. The summed E-state index contributed by atoms with van der Waals surface area (Å²) < 4.78 is 5.60. The van der Waals surface area contributed by atoms with Gasteiger partial charge in [0.2, 0.25) is 5.91 Å². The number of para-hydroxylation sites is 2. The van der Waals surface area contributed by atoms with E-state index in [1.807, 2.05) is 54.6 Å². The highest BCUT2D eigenvalue weighted by molar-refractivity contribution is 7.99. The number of nitrogens with one attached hydrogen (secondary N) is 1. The van der Waals surface area contributed by atoms with Gasteiger partial charge in [0.05, 0.1) is 0 Å². The van der Waals surface area contributed by atoms with Crippen molar-refractivity contribution in [3.63, 3.8) is 0 Å². The summed E-state index contributed by atoms with van der Waals surface area (Å²) >= 11 is 1.46. The number of fused-ring (bicyclic) bond motifs is 1. The first-order valence-electron chi connectivity index (χ1n) is 7.10. The number of rotatable bonds is 6. The second kappa shape index (κ2) is 7.13. The molecule has 4 nitrogen and oxygen atoms in total. The van der Waals surface area contributed by atoms with E-state index in [2.05, 4.69) is 10.3 Å². The molecule has 0 aliphatic heterocycles. The van der Waals surface area contributed by atoms with Gasteiger partial charge in [-0.15, -0.1) is 0 Å². The van der Waals surface area contributed by atoms with E-state index in [1.165, 1.54) is 11.8 Å². The van der Waals surface area contributed by atoms with Gasteiger partial charge >= 0.3 is 0 Å². The average molecular weight is 312 g/mol. The predicted octanol–water partition coefficient (Wildman–Crippen LogP) is 3.63. The Morgan fingerprint density at radius 2 is 1.86 bits per heavy atom. The van der Waals surface area contributed by atoms with Crippen molar-refractivity contribution in [2.45, 2.75) is 18.2 Å². The van der Waals surface area contributed by atoms with E-state index in [0.717, 1.165) is 16.7 Å². The molecular weight excluding hydrogens is 296 g/mol. The summed E-state index contributed by atoms with van der Waals surface area (Å²) in [5.41, 5.74) is 2.72. The molecule has 22 heavy (non-hydrogen) atoms. The van der Waals surface area contributed by atoms with Crippen LogP contribution in [-0.2, 0) is 11.3 Å². The Balaban J connectivity index is 1.43. The first-order valence-corrected chi connectivity index (χ1v) is 8.09. The van der Waals surface area contributed by atoms with Crippen molar-refractivity contribution in [1.29, 1.82) is 0 Å². The average Bonchev–Trinajstić information content (AvgIpc) is 2.96. The predicted molar refractivity (Wildman–Crippen MR) is 87.6 cm³/mol. The molecule has 0 aliphatic rings. The van der Waals surface area contributed by atoms with Crippen LogP contribution in [0, 0.1) is 0 Å². The zero-order valence-electron chi connectivity index (χ0n) is 12.0. The van der Waals surface area contributed by atoms with E-state index in [1.54, 1.807) is 0 Å². The van der Waals surface area contributed by atoms with Gasteiger partial charge in [0.1, 0.15) is 5.52 Å². The number of nitrogens with zero attached hydrogens (tertiary/aromatic N) is 1. The summed E-state index contributed by atoms with van der Waals surface area (Å²) in [5, 5.41) is 3.52. The maximum absolute atomic E-state index is 11.8. The van der Waals surface area contributed by atoms with Crippen LogP contribution < -0.4 is 5.32 Å². The number of hydrogen-bond acceptors (Lipinski definition) is 4.